The number of aromatic hydroxyl groups is 1. The zero-order valence-electron chi connectivity index (χ0n) is 12.2. The van der Waals surface area contributed by atoms with Gasteiger partial charge in [-0.1, -0.05) is 35.9 Å². The van der Waals surface area contributed by atoms with Gasteiger partial charge in [-0.05, 0) is 24.3 Å². The number of benzene rings is 2. The van der Waals surface area contributed by atoms with Crippen LogP contribution in [0.25, 0.3) is 27.5 Å². The van der Waals surface area contributed by atoms with Gasteiger partial charge in [-0.15, -0.1) is 5.10 Å². The summed E-state index contributed by atoms with van der Waals surface area (Å²) in [7, 11) is 0. The Bertz CT molecular complexity index is 1210. The lowest BCUT2D eigenvalue weighted by molar-refractivity contribution is 0.443. The minimum Gasteiger partial charge on any atom is -0.491 e. The number of aromatic amines is 1. The molecule has 0 amide bonds. The summed E-state index contributed by atoms with van der Waals surface area (Å²) in [6, 6.07) is 13.4. The molecule has 118 valence electrons. The van der Waals surface area contributed by atoms with Crippen LogP contribution in [0.2, 0.25) is 5.02 Å². The van der Waals surface area contributed by atoms with Crippen LogP contribution in [0.15, 0.2) is 58.1 Å². The highest BCUT2D eigenvalue weighted by Crippen LogP contribution is 2.24. The van der Waals surface area contributed by atoms with E-state index in [0.717, 1.165) is 4.68 Å². The summed E-state index contributed by atoms with van der Waals surface area (Å²) >= 11 is 6.09. The molecule has 0 bridgehead atoms. The SMILES string of the molecule is O=c1c2cccc(Cl)c2[nH]c2c(O)nn(-c3ccccc3)c(=O)c12. The zero-order chi connectivity index (χ0) is 16.8. The number of pyridine rings is 1. The maximum absolute atomic E-state index is 12.8. The van der Waals surface area contributed by atoms with E-state index in [-0.39, 0.29) is 16.3 Å². The Morgan fingerprint density at radius 1 is 1.00 bits per heavy atom. The van der Waals surface area contributed by atoms with Crippen molar-refractivity contribution in [3.8, 4) is 11.6 Å². The number of nitrogens with one attached hydrogen (secondary N) is 1. The fourth-order valence-electron chi connectivity index (χ4n) is 2.69. The van der Waals surface area contributed by atoms with Gasteiger partial charge >= 0.3 is 0 Å². The van der Waals surface area contributed by atoms with Crippen LogP contribution in [-0.2, 0) is 0 Å². The molecule has 0 fully saturated rings. The molecule has 4 aromatic rings. The van der Waals surface area contributed by atoms with Gasteiger partial charge in [0.15, 0.2) is 0 Å². The molecule has 0 saturated carbocycles. The predicted octanol–water partition coefficient (Wildman–Crippen LogP) is 2.59. The number of H-pyrrole nitrogens is 1. The molecule has 0 radical (unpaired) electrons. The van der Waals surface area contributed by atoms with Crippen LogP contribution < -0.4 is 11.0 Å². The summed E-state index contributed by atoms with van der Waals surface area (Å²) < 4.78 is 1.00. The Kier molecular flexibility index (Phi) is 3.14. The summed E-state index contributed by atoms with van der Waals surface area (Å²) in [5.41, 5.74) is -0.348. The zero-order valence-corrected chi connectivity index (χ0v) is 12.9. The minimum atomic E-state index is -0.614. The number of para-hydroxylation sites is 2. The second-order valence-electron chi connectivity index (χ2n) is 5.24. The Morgan fingerprint density at radius 2 is 1.75 bits per heavy atom. The fraction of sp³-hybridized carbons (Fsp3) is 0. The van der Waals surface area contributed by atoms with Gasteiger partial charge in [0.2, 0.25) is 5.43 Å². The van der Waals surface area contributed by atoms with Crippen LogP contribution in [0.1, 0.15) is 0 Å². The van der Waals surface area contributed by atoms with E-state index in [1.807, 2.05) is 0 Å². The lowest BCUT2D eigenvalue weighted by atomic mass is 10.1. The molecule has 0 aliphatic rings. The highest BCUT2D eigenvalue weighted by atomic mass is 35.5. The summed E-state index contributed by atoms with van der Waals surface area (Å²) in [5, 5.41) is 14.6. The summed E-state index contributed by atoms with van der Waals surface area (Å²) in [4.78, 5) is 28.4. The second-order valence-corrected chi connectivity index (χ2v) is 5.65. The van der Waals surface area contributed by atoms with Crippen LogP contribution >= 0.6 is 11.6 Å². The van der Waals surface area contributed by atoms with Gasteiger partial charge in [0.1, 0.15) is 10.9 Å². The van der Waals surface area contributed by atoms with Gasteiger partial charge < -0.3 is 10.1 Å². The Balaban J connectivity index is 2.22. The van der Waals surface area contributed by atoms with Gasteiger partial charge in [0.05, 0.1) is 16.2 Å². The topological polar surface area (TPSA) is 88.0 Å². The van der Waals surface area contributed by atoms with Gasteiger partial charge in [-0.2, -0.15) is 4.68 Å². The molecule has 0 saturated heterocycles. The van der Waals surface area contributed by atoms with E-state index in [9.17, 15) is 14.7 Å². The van der Waals surface area contributed by atoms with Crippen molar-refractivity contribution in [2.75, 3.05) is 0 Å². The molecule has 4 rings (SSSR count). The molecule has 0 unspecified atom stereocenters. The Morgan fingerprint density at radius 3 is 2.50 bits per heavy atom. The van der Waals surface area contributed by atoms with Crippen molar-refractivity contribution in [3.63, 3.8) is 0 Å². The predicted molar refractivity (Wildman–Crippen MR) is 92.1 cm³/mol. The fourth-order valence-corrected chi connectivity index (χ4v) is 2.91. The average Bonchev–Trinajstić information content (AvgIpc) is 2.59. The van der Waals surface area contributed by atoms with Crippen molar-refractivity contribution in [1.82, 2.24) is 14.8 Å². The van der Waals surface area contributed by atoms with E-state index < -0.39 is 16.9 Å². The Hall–Kier alpha value is -3.12. The number of hydrogen-bond acceptors (Lipinski definition) is 4. The lowest BCUT2D eigenvalue weighted by Crippen LogP contribution is -2.26. The van der Waals surface area contributed by atoms with Crippen molar-refractivity contribution >= 4 is 33.4 Å². The van der Waals surface area contributed by atoms with Crippen molar-refractivity contribution in [3.05, 3.63) is 74.1 Å². The molecule has 2 heterocycles. The van der Waals surface area contributed by atoms with Gasteiger partial charge in [0, 0.05) is 5.39 Å². The molecule has 0 spiro atoms. The van der Waals surface area contributed by atoms with Crippen LogP contribution in [-0.4, -0.2) is 19.9 Å². The third kappa shape index (κ3) is 2.00. The quantitative estimate of drug-likeness (QED) is 0.522. The van der Waals surface area contributed by atoms with E-state index in [2.05, 4.69) is 10.1 Å². The normalized spacial score (nSPS) is 11.2. The number of rotatable bonds is 1. The van der Waals surface area contributed by atoms with Crippen molar-refractivity contribution in [2.24, 2.45) is 0 Å². The minimum absolute atomic E-state index is 0.0298. The molecular weight excluding hydrogens is 330 g/mol. The highest BCUT2D eigenvalue weighted by molar-refractivity contribution is 6.35. The molecule has 2 aromatic heterocycles. The molecule has 0 aliphatic heterocycles. The van der Waals surface area contributed by atoms with Crippen LogP contribution in [0.3, 0.4) is 0 Å². The van der Waals surface area contributed by atoms with E-state index in [0.29, 0.717) is 16.2 Å². The van der Waals surface area contributed by atoms with Crippen molar-refractivity contribution < 1.29 is 5.11 Å². The van der Waals surface area contributed by atoms with E-state index in [1.165, 1.54) is 0 Å². The van der Waals surface area contributed by atoms with Crippen molar-refractivity contribution in [2.45, 2.75) is 0 Å². The van der Waals surface area contributed by atoms with Gasteiger partial charge in [0.25, 0.3) is 11.4 Å². The van der Waals surface area contributed by atoms with Crippen LogP contribution in [0, 0.1) is 0 Å². The van der Waals surface area contributed by atoms with E-state index >= 15 is 0 Å². The van der Waals surface area contributed by atoms with E-state index in [1.54, 1.807) is 48.5 Å². The third-order valence-electron chi connectivity index (χ3n) is 3.81. The molecule has 2 aromatic carbocycles. The maximum Gasteiger partial charge on any atom is 0.285 e. The first-order valence-electron chi connectivity index (χ1n) is 7.10. The third-order valence-corrected chi connectivity index (χ3v) is 4.13. The molecule has 2 N–H and O–H groups in total. The molecule has 0 atom stereocenters. The number of aromatic nitrogens is 3. The molecular formula is C17H10ClN3O3. The Labute approximate surface area is 139 Å². The van der Waals surface area contributed by atoms with Gasteiger partial charge in [-0.25, -0.2) is 0 Å². The number of halogens is 1. The average molecular weight is 340 g/mol. The molecule has 6 nitrogen and oxygen atoms in total. The first kappa shape index (κ1) is 14.5. The molecule has 24 heavy (non-hydrogen) atoms. The standard InChI is InChI=1S/C17H10ClN3O3/c18-11-8-4-7-10-13(11)19-14-12(15(10)22)17(24)21(20-16(14)23)9-5-2-1-3-6-9/h1-8H,(H,19,22)(H,20,23). The summed E-state index contributed by atoms with van der Waals surface area (Å²) in [5.74, 6) is -0.452. The summed E-state index contributed by atoms with van der Waals surface area (Å²) in [6.45, 7) is 0. The summed E-state index contributed by atoms with van der Waals surface area (Å²) in [6.07, 6.45) is 0. The monoisotopic (exact) mass is 339 g/mol. The molecule has 0 aliphatic carbocycles. The van der Waals surface area contributed by atoms with Crippen LogP contribution in [0.5, 0.6) is 5.88 Å². The van der Waals surface area contributed by atoms with Gasteiger partial charge in [-0.3, -0.25) is 9.59 Å². The smallest absolute Gasteiger partial charge is 0.285 e. The first-order valence-corrected chi connectivity index (χ1v) is 7.47. The number of hydrogen-bond donors (Lipinski definition) is 2. The molecule has 7 heteroatoms. The number of nitrogens with zero attached hydrogens (tertiary/aromatic N) is 2. The largest absolute Gasteiger partial charge is 0.491 e. The maximum atomic E-state index is 12.8. The number of fused-ring (bicyclic) bond motifs is 2. The first-order chi connectivity index (χ1) is 11.6. The van der Waals surface area contributed by atoms with Crippen LogP contribution in [0.4, 0.5) is 0 Å². The second kappa shape index (κ2) is 5.21. The van der Waals surface area contributed by atoms with Crippen molar-refractivity contribution in [1.29, 1.82) is 0 Å². The lowest BCUT2D eigenvalue weighted by Gasteiger charge is -2.09. The van der Waals surface area contributed by atoms with E-state index in [4.69, 9.17) is 11.6 Å². The highest BCUT2D eigenvalue weighted by Gasteiger charge is 2.17.